The van der Waals surface area contributed by atoms with Crippen LogP contribution in [0.3, 0.4) is 0 Å². The number of amides is 1. The molecule has 3 nitrogen and oxygen atoms in total. The molecule has 100 valence electrons. The first-order valence-electron chi connectivity index (χ1n) is 6.62. The van der Waals surface area contributed by atoms with Gasteiger partial charge in [0.2, 0.25) is 5.91 Å². The number of nitrogens with zero attached hydrogens (tertiary/aromatic N) is 1. The fraction of sp³-hybridized carbons (Fsp3) is 0.533. The third-order valence-electron chi connectivity index (χ3n) is 3.38. The van der Waals surface area contributed by atoms with Crippen molar-refractivity contribution in [3.05, 3.63) is 35.9 Å². The Labute approximate surface area is 110 Å². The molecule has 0 saturated carbocycles. The lowest BCUT2D eigenvalue weighted by atomic mass is 10.0. The minimum atomic E-state index is 0.108. The summed E-state index contributed by atoms with van der Waals surface area (Å²) in [7, 11) is 3.78. The van der Waals surface area contributed by atoms with E-state index in [4.69, 9.17) is 0 Å². The van der Waals surface area contributed by atoms with Crippen LogP contribution in [-0.4, -0.2) is 37.5 Å². The molecular weight excluding hydrogens is 224 g/mol. The molecule has 1 atom stereocenters. The lowest BCUT2D eigenvalue weighted by Gasteiger charge is -2.27. The van der Waals surface area contributed by atoms with Crippen LogP contribution in [0.25, 0.3) is 0 Å². The van der Waals surface area contributed by atoms with Crippen LogP contribution in [0.5, 0.6) is 0 Å². The van der Waals surface area contributed by atoms with E-state index in [1.54, 1.807) is 7.05 Å². The first-order valence-corrected chi connectivity index (χ1v) is 6.62. The van der Waals surface area contributed by atoms with E-state index in [1.807, 2.05) is 6.07 Å². The van der Waals surface area contributed by atoms with Crippen molar-refractivity contribution < 1.29 is 4.79 Å². The zero-order valence-electron chi connectivity index (χ0n) is 11.6. The molecule has 0 aliphatic rings. The van der Waals surface area contributed by atoms with E-state index in [0.717, 1.165) is 19.4 Å². The molecule has 0 aliphatic carbocycles. The number of nitrogens with one attached hydrogen (secondary N) is 1. The third-order valence-corrected chi connectivity index (χ3v) is 3.38. The van der Waals surface area contributed by atoms with Crippen LogP contribution in [0.4, 0.5) is 0 Å². The summed E-state index contributed by atoms with van der Waals surface area (Å²) in [4.78, 5) is 13.5. The summed E-state index contributed by atoms with van der Waals surface area (Å²) < 4.78 is 0. The van der Waals surface area contributed by atoms with Gasteiger partial charge in [-0.15, -0.1) is 0 Å². The van der Waals surface area contributed by atoms with Gasteiger partial charge in [0.25, 0.3) is 0 Å². The average Bonchev–Trinajstić information content (AvgIpc) is 2.42. The number of carbonyl (C=O) groups is 1. The van der Waals surface area contributed by atoms with Gasteiger partial charge in [0.1, 0.15) is 0 Å². The highest BCUT2D eigenvalue weighted by Crippen LogP contribution is 2.11. The summed E-state index contributed by atoms with van der Waals surface area (Å²) in [5.74, 6) is 0.108. The Hall–Kier alpha value is -1.35. The summed E-state index contributed by atoms with van der Waals surface area (Å²) in [6, 6.07) is 11.0. The second-order valence-electron chi connectivity index (χ2n) is 4.66. The minimum Gasteiger partial charge on any atom is -0.359 e. The van der Waals surface area contributed by atoms with Gasteiger partial charge in [-0.1, -0.05) is 37.3 Å². The van der Waals surface area contributed by atoms with E-state index in [1.165, 1.54) is 5.56 Å². The second kappa shape index (κ2) is 7.88. The molecule has 0 spiro atoms. The van der Waals surface area contributed by atoms with Crippen molar-refractivity contribution in [2.24, 2.45) is 0 Å². The van der Waals surface area contributed by atoms with Crippen LogP contribution < -0.4 is 5.32 Å². The van der Waals surface area contributed by atoms with Crippen LogP contribution in [0, 0.1) is 0 Å². The van der Waals surface area contributed by atoms with E-state index in [9.17, 15) is 4.79 Å². The molecule has 0 heterocycles. The summed E-state index contributed by atoms with van der Waals surface area (Å²) in [5.41, 5.74) is 1.36. The molecule has 1 rings (SSSR count). The minimum absolute atomic E-state index is 0.108. The zero-order valence-corrected chi connectivity index (χ0v) is 11.6. The van der Waals surface area contributed by atoms with Crippen LogP contribution >= 0.6 is 0 Å². The number of carbonyl (C=O) groups excluding carboxylic acids is 1. The van der Waals surface area contributed by atoms with E-state index in [-0.39, 0.29) is 5.91 Å². The molecule has 0 radical (unpaired) electrons. The maximum atomic E-state index is 11.2. The molecule has 18 heavy (non-hydrogen) atoms. The smallest absolute Gasteiger partial charge is 0.221 e. The standard InChI is InChI=1S/C15H24N2O/c1-4-14(12-13-8-6-5-7-9-13)17(3)11-10-15(18)16-2/h5-9,14H,4,10-12H2,1-3H3,(H,16,18)/t14-/m1/s1. The Balaban J connectivity index is 2.47. The number of hydrogen-bond acceptors (Lipinski definition) is 2. The Kier molecular flexibility index (Phi) is 6.44. The number of hydrogen-bond donors (Lipinski definition) is 1. The van der Waals surface area contributed by atoms with Crippen LogP contribution in [-0.2, 0) is 11.2 Å². The molecule has 0 fully saturated rings. The molecule has 0 aliphatic heterocycles. The van der Waals surface area contributed by atoms with Crippen LogP contribution in [0.2, 0.25) is 0 Å². The first kappa shape index (κ1) is 14.7. The maximum Gasteiger partial charge on any atom is 0.221 e. The van der Waals surface area contributed by atoms with Gasteiger partial charge in [-0.25, -0.2) is 0 Å². The highest BCUT2D eigenvalue weighted by molar-refractivity contribution is 5.75. The van der Waals surface area contributed by atoms with Crippen molar-refractivity contribution in [2.75, 3.05) is 20.6 Å². The van der Waals surface area contributed by atoms with Crippen molar-refractivity contribution >= 4 is 5.91 Å². The molecule has 1 aromatic carbocycles. The van der Waals surface area contributed by atoms with Crippen molar-refractivity contribution in [2.45, 2.75) is 32.2 Å². The predicted octanol–water partition coefficient (Wildman–Crippen LogP) is 2.08. The fourth-order valence-corrected chi connectivity index (χ4v) is 2.08. The first-order chi connectivity index (χ1) is 8.67. The third kappa shape index (κ3) is 4.88. The van der Waals surface area contributed by atoms with Crippen molar-refractivity contribution in [1.29, 1.82) is 0 Å². The predicted molar refractivity (Wildman–Crippen MR) is 75.5 cm³/mol. The summed E-state index contributed by atoms with van der Waals surface area (Å²) in [5, 5.41) is 2.66. The normalized spacial score (nSPS) is 12.4. The number of benzene rings is 1. The number of likely N-dealkylation sites (N-methyl/N-ethyl adjacent to an activating group) is 1. The quantitative estimate of drug-likeness (QED) is 0.801. The monoisotopic (exact) mass is 248 g/mol. The maximum absolute atomic E-state index is 11.2. The topological polar surface area (TPSA) is 32.3 Å². The van der Waals surface area contributed by atoms with Crippen molar-refractivity contribution in [3.8, 4) is 0 Å². The van der Waals surface area contributed by atoms with E-state index >= 15 is 0 Å². The zero-order chi connectivity index (χ0) is 13.4. The molecule has 0 unspecified atom stereocenters. The highest BCUT2D eigenvalue weighted by Gasteiger charge is 2.14. The molecular formula is C15H24N2O. The summed E-state index contributed by atoms with van der Waals surface area (Å²) in [6.45, 7) is 3.01. The molecule has 0 aromatic heterocycles. The highest BCUT2D eigenvalue weighted by atomic mass is 16.1. The van der Waals surface area contributed by atoms with Gasteiger partial charge >= 0.3 is 0 Å². The average molecular weight is 248 g/mol. The van der Waals surface area contributed by atoms with Crippen molar-refractivity contribution in [1.82, 2.24) is 10.2 Å². The van der Waals surface area contributed by atoms with Gasteiger partial charge in [0.05, 0.1) is 0 Å². The number of rotatable bonds is 7. The van der Waals surface area contributed by atoms with Gasteiger partial charge in [-0.2, -0.15) is 0 Å². The Morgan fingerprint density at radius 3 is 2.56 bits per heavy atom. The molecule has 0 saturated heterocycles. The summed E-state index contributed by atoms with van der Waals surface area (Å²) in [6.07, 6.45) is 2.71. The molecule has 0 bridgehead atoms. The second-order valence-corrected chi connectivity index (χ2v) is 4.66. The lowest BCUT2D eigenvalue weighted by Crippen LogP contribution is -2.35. The lowest BCUT2D eigenvalue weighted by molar-refractivity contribution is -0.120. The Bertz CT molecular complexity index is 351. The van der Waals surface area contributed by atoms with Gasteiger partial charge in [0.15, 0.2) is 0 Å². The molecule has 1 aromatic rings. The van der Waals surface area contributed by atoms with Gasteiger partial charge in [-0.3, -0.25) is 4.79 Å². The largest absolute Gasteiger partial charge is 0.359 e. The van der Waals surface area contributed by atoms with Gasteiger partial charge < -0.3 is 10.2 Å². The van der Waals surface area contributed by atoms with Crippen LogP contribution in [0.1, 0.15) is 25.3 Å². The Morgan fingerprint density at radius 2 is 2.00 bits per heavy atom. The van der Waals surface area contributed by atoms with E-state index in [2.05, 4.69) is 48.5 Å². The Morgan fingerprint density at radius 1 is 1.33 bits per heavy atom. The van der Waals surface area contributed by atoms with Crippen molar-refractivity contribution in [3.63, 3.8) is 0 Å². The summed E-state index contributed by atoms with van der Waals surface area (Å²) >= 11 is 0. The van der Waals surface area contributed by atoms with E-state index in [0.29, 0.717) is 12.5 Å². The fourth-order valence-electron chi connectivity index (χ4n) is 2.08. The SMILES string of the molecule is CC[C@H](Cc1ccccc1)N(C)CCC(=O)NC. The van der Waals surface area contributed by atoms with Crippen LogP contribution in [0.15, 0.2) is 30.3 Å². The van der Waals surface area contributed by atoms with E-state index < -0.39 is 0 Å². The van der Waals surface area contributed by atoms with Gasteiger partial charge in [-0.05, 0) is 25.5 Å². The molecule has 1 N–H and O–H groups in total. The molecule has 1 amide bonds. The molecule has 3 heteroatoms. The van der Waals surface area contributed by atoms with Gasteiger partial charge in [0, 0.05) is 26.1 Å².